The predicted octanol–water partition coefficient (Wildman–Crippen LogP) is 0.287. The van der Waals surface area contributed by atoms with Gasteiger partial charge in [0, 0.05) is 4.78 Å². The summed E-state index contributed by atoms with van der Waals surface area (Å²) < 4.78 is 0.425. The first-order valence-corrected chi connectivity index (χ1v) is 3.80. The average molecular weight is 167 g/mol. The van der Waals surface area contributed by atoms with Crippen LogP contribution in [0.1, 0.15) is 5.56 Å². The molecule has 0 aliphatic heterocycles. The minimum Gasteiger partial charge on any atom is -0.423 e. The van der Waals surface area contributed by atoms with E-state index in [4.69, 9.17) is 16.6 Å². The Morgan fingerprint density at radius 3 is 2.55 bits per heavy atom. The Morgan fingerprint density at radius 2 is 2.27 bits per heavy atom. The van der Waals surface area contributed by atoms with E-state index in [0.29, 0.717) is 9.78 Å². The van der Waals surface area contributed by atoms with E-state index in [0.717, 1.165) is 16.9 Å². The van der Waals surface area contributed by atoms with Crippen molar-refractivity contribution >= 4 is 28.2 Å². The first kappa shape index (κ1) is 8.27. The lowest BCUT2D eigenvalue weighted by Gasteiger charge is -1.88. The third-order valence-electron chi connectivity index (χ3n) is 1.27. The first-order chi connectivity index (χ1) is 5.15. The molecule has 0 aromatic carbocycles. The van der Waals surface area contributed by atoms with Crippen LogP contribution < -0.4 is 4.78 Å². The van der Waals surface area contributed by atoms with E-state index in [1.54, 1.807) is 13.0 Å². The highest BCUT2D eigenvalue weighted by Crippen LogP contribution is 2.23. The van der Waals surface area contributed by atoms with Gasteiger partial charge in [0.25, 0.3) is 0 Å². The van der Waals surface area contributed by atoms with E-state index in [-0.39, 0.29) is 0 Å². The maximum Gasteiger partial charge on any atom is 0.497 e. The van der Waals surface area contributed by atoms with Gasteiger partial charge < -0.3 is 10.0 Å². The summed E-state index contributed by atoms with van der Waals surface area (Å²) in [5.74, 6) is 0. The second-order valence-electron chi connectivity index (χ2n) is 2.12. The van der Waals surface area contributed by atoms with Crippen LogP contribution in [0.3, 0.4) is 0 Å². The van der Waals surface area contributed by atoms with Crippen molar-refractivity contribution in [1.82, 2.24) is 0 Å². The maximum absolute atomic E-state index is 8.72. The molecule has 1 rings (SSSR count). The van der Waals surface area contributed by atoms with Gasteiger partial charge in [0.15, 0.2) is 0 Å². The number of hydrogen-bond acceptors (Lipinski definition) is 3. The second kappa shape index (κ2) is 3.05. The number of hydrogen-bond donors (Lipinski definition) is 2. The molecule has 0 saturated heterocycles. The SMILES string of the molecule is [C-]#[N+]c1sc(B(O)O)cc1C. The molecule has 3 nitrogen and oxygen atoms in total. The highest BCUT2D eigenvalue weighted by molar-refractivity contribution is 7.25. The van der Waals surface area contributed by atoms with Crippen LogP contribution in [0.4, 0.5) is 5.00 Å². The Kier molecular flexibility index (Phi) is 2.30. The smallest absolute Gasteiger partial charge is 0.423 e. The largest absolute Gasteiger partial charge is 0.497 e. The molecule has 0 aliphatic rings. The van der Waals surface area contributed by atoms with E-state index >= 15 is 0 Å². The van der Waals surface area contributed by atoms with Crippen molar-refractivity contribution < 1.29 is 10.0 Å². The zero-order chi connectivity index (χ0) is 8.43. The number of aryl methyl sites for hydroxylation is 1. The first-order valence-electron chi connectivity index (χ1n) is 2.99. The Morgan fingerprint density at radius 1 is 1.64 bits per heavy atom. The molecule has 56 valence electrons. The summed E-state index contributed by atoms with van der Waals surface area (Å²) in [4.78, 5) is 3.22. The highest BCUT2D eigenvalue weighted by Gasteiger charge is 2.15. The average Bonchev–Trinajstić information content (AvgIpc) is 2.31. The van der Waals surface area contributed by atoms with E-state index in [1.807, 2.05) is 0 Å². The van der Waals surface area contributed by atoms with Crippen LogP contribution >= 0.6 is 11.3 Å². The molecule has 0 fully saturated rings. The number of nitrogens with zero attached hydrogens (tertiary/aromatic N) is 1. The lowest BCUT2D eigenvalue weighted by molar-refractivity contribution is 0.427. The fourth-order valence-electron chi connectivity index (χ4n) is 0.735. The molecule has 0 radical (unpaired) electrons. The molecule has 0 aliphatic carbocycles. The quantitative estimate of drug-likeness (QED) is 0.466. The van der Waals surface area contributed by atoms with Crippen LogP contribution in [0.5, 0.6) is 0 Å². The third-order valence-corrected chi connectivity index (χ3v) is 2.44. The normalized spacial score (nSPS) is 9.27. The van der Waals surface area contributed by atoms with Gasteiger partial charge in [0.1, 0.15) is 0 Å². The third kappa shape index (κ3) is 1.60. The zero-order valence-corrected chi connectivity index (χ0v) is 6.72. The van der Waals surface area contributed by atoms with Crippen LogP contribution in [0, 0.1) is 13.5 Å². The van der Waals surface area contributed by atoms with Crippen molar-refractivity contribution in [3.05, 3.63) is 23.0 Å². The van der Waals surface area contributed by atoms with Gasteiger partial charge in [0.2, 0.25) is 5.00 Å². The summed E-state index contributed by atoms with van der Waals surface area (Å²) in [6.07, 6.45) is 0. The summed E-state index contributed by atoms with van der Waals surface area (Å²) in [5, 5.41) is 18.0. The van der Waals surface area contributed by atoms with Gasteiger partial charge in [-0.2, -0.15) is 11.3 Å². The van der Waals surface area contributed by atoms with Gasteiger partial charge >= 0.3 is 7.12 Å². The van der Waals surface area contributed by atoms with Gasteiger partial charge in [-0.3, -0.25) is 0 Å². The number of rotatable bonds is 1. The maximum atomic E-state index is 8.72. The second-order valence-corrected chi connectivity index (χ2v) is 3.18. The van der Waals surface area contributed by atoms with Crippen molar-refractivity contribution in [2.75, 3.05) is 0 Å². The van der Waals surface area contributed by atoms with Crippen molar-refractivity contribution in [2.45, 2.75) is 6.92 Å². The minimum atomic E-state index is -1.45. The molecule has 1 aromatic rings. The summed E-state index contributed by atoms with van der Waals surface area (Å²) in [5.41, 5.74) is 0.799. The molecule has 1 heterocycles. The Balaban J connectivity index is 3.07. The van der Waals surface area contributed by atoms with Crippen LogP contribution in [0.15, 0.2) is 6.07 Å². The van der Waals surface area contributed by atoms with E-state index in [1.165, 1.54) is 0 Å². The molecule has 0 bridgehead atoms. The fraction of sp³-hybridized carbons (Fsp3) is 0.167. The van der Waals surface area contributed by atoms with E-state index < -0.39 is 7.12 Å². The summed E-state index contributed by atoms with van der Waals surface area (Å²) in [7, 11) is -1.45. The van der Waals surface area contributed by atoms with Crippen molar-refractivity contribution in [1.29, 1.82) is 0 Å². The van der Waals surface area contributed by atoms with E-state index in [2.05, 4.69) is 4.85 Å². The predicted molar refractivity (Wildman–Crippen MR) is 45.1 cm³/mol. The van der Waals surface area contributed by atoms with Crippen molar-refractivity contribution in [3.8, 4) is 0 Å². The van der Waals surface area contributed by atoms with Crippen molar-refractivity contribution in [3.63, 3.8) is 0 Å². The molecule has 2 N–H and O–H groups in total. The minimum absolute atomic E-state index is 0.425. The molecule has 0 spiro atoms. The molecular formula is C6H6BNO2S. The van der Waals surface area contributed by atoms with Crippen LogP contribution in [0.25, 0.3) is 4.85 Å². The summed E-state index contributed by atoms with van der Waals surface area (Å²) in [6.45, 7) is 8.48. The lowest BCUT2D eigenvalue weighted by Crippen LogP contribution is -2.26. The summed E-state index contributed by atoms with van der Waals surface area (Å²) >= 11 is 1.11. The monoisotopic (exact) mass is 167 g/mol. The molecule has 0 unspecified atom stereocenters. The zero-order valence-electron chi connectivity index (χ0n) is 5.90. The molecular weight excluding hydrogens is 161 g/mol. The van der Waals surface area contributed by atoms with Crippen LogP contribution in [-0.2, 0) is 0 Å². The Bertz CT molecular complexity index is 302. The van der Waals surface area contributed by atoms with Gasteiger partial charge in [-0.1, -0.05) is 6.07 Å². The molecule has 0 saturated carbocycles. The van der Waals surface area contributed by atoms with Crippen LogP contribution in [-0.4, -0.2) is 17.2 Å². The van der Waals surface area contributed by atoms with Gasteiger partial charge in [-0.05, 0) is 12.5 Å². The molecule has 0 amide bonds. The Hall–Kier alpha value is -0.825. The Labute approximate surface area is 68.9 Å². The van der Waals surface area contributed by atoms with E-state index in [9.17, 15) is 0 Å². The van der Waals surface area contributed by atoms with Gasteiger partial charge in [-0.25, -0.2) is 4.85 Å². The van der Waals surface area contributed by atoms with Gasteiger partial charge in [-0.15, -0.1) is 0 Å². The molecule has 5 heteroatoms. The molecule has 1 aromatic heterocycles. The summed E-state index contributed by atoms with van der Waals surface area (Å²) in [6, 6.07) is 1.61. The van der Waals surface area contributed by atoms with Crippen LogP contribution in [0.2, 0.25) is 0 Å². The highest BCUT2D eigenvalue weighted by atomic mass is 32.1. The fourth-order valence-corrected chi connectivity index (χ4v) is 1.56. The standard InChI is InChI=1S/C6H6BNO2S/c1-4-3-5(7(9)10)11-6(4)8-2/h3,9-10H,1H3. The van der Waals surface area contributed by atoms with Crippen molar-refractivity contribution in [2.24, 2.45) is 0 Å². The van der Waals surface area contributed by atoms with Gasteiger partial charge in [0.05, 0.1) is 6.57 Å². The topological polar surface area (TPSA) is 44.8 Å². The number of thiophene rings is 1. The molecule has 0 atom stereocenters. The lowest BCUT2D eigenvalue weighted by atomic mass is 9.89. The molecule has 11 heavy (non-hydrogen) atoms.